The van der Waals surface area contributed by atoms with Crippen molar-refractivity contribution in [1.29, 1.82) is 0 Å². The number of piperidine rings is 1. The van der Waals surface area contributed by atoms with Gasteiger partial charge in [0.05, 0.1) is 6.04 Å². The van der Waals surface area contributed by atoms with Gasteiger partial charge in [-0.15, -0.1) is 0 Å². The summed E-state index contributed by atoms with van der Waals surface area (Å²) in [6.07, 6.45) is 7.44. The van der Waals surface area contributed by atoms with Crippen molar-refractivity contribution >= 4 is 16.8 Å². The summed E-state index contributed by atoms with van der Waals surface area (Å²) >= 11 is 0. The number of amides is 1. The highest BCUT2D eigenvalue weighted by atomic mass is 16.1. The van der Waals surface area contributed by atoms with Crippen LogP contribution in [0, 0.1) is 6.92 Å². The van der Waals surface area contributed by atoms with Gasteiger partial charge in [-0.25, -0.2) is 0 Å². The molecule has 1 saturated heterocycles. The van der Waals surface area contributed by atoms with E-state index in [1.165, 1.54) is 24.8 Å². The minimum atomic E-state index is -0.0119. The molecule has 5 nitrogen and oxygen atoms in total. The fourth-order valence-corrected chi connectivity index (χ4v) is 4.44. The van der Waals surface area contributed by atoms with Gasteiger partial charge in [0.15, 0.2) is 0 Å². The number of hydrogen-bond donors (Lipinski definition) is 1. The van der Waals surface area contributed by atoms with Crippen LogP contribution in [0.5, 0.6) is 0 Å². The van der Waals surface area contributed by atoms with Crippen molar-refractivity contribution in [3.05, 3.63) is 65.6 Å². The minimum absolute atomic E-state index is 0.0119. The number of fused-ring (bicyclic) bond motifs is 1. The molecule has 1 aliphatic heterocycles. The van der Waals surface area contributed by atoms with Crippen LogP contribution in [0.15, 0.2) is 48.8 Å². The van der Waals surface area contributed by atoms with Crippen LogP contribution in [0.4, 0.5) is 0 Å². The molecule has 146 valence electrons. The van der Waals surface area contributed by atoms with Gasteiger partial charge in [-0.05, 0) is 56.1 Å². The maximum atomic E-state index is 13.1. The molecular weight excluding hydrogens is 348 g/mol. The lowest BCUT2D eigenvalue weighted by molar-refractivity contribution is 0.0916. The highest BCUT2D eigenvalue weighted by Crippen LogP contribution is 2.26. The van der Waals surface area contributed by atoms with Crippen molar-refractivity contribution in [3.63, 3.8) is 0 Å². The molecule has 4 rings (SSSR count). The second-order valence-corrected chi connectivity index (χ2v) is 7.66. The highest BCUT2D eigenvalue weighted by Gasteiger charge is 2.24. The fourth-order valence-electron chi connectivity index (χ4n) is 4.44. The van der Waals surface area contributed by atoms with Crippen LogP contribution in [-0.4, -0.2) is 40.0 Å². The number of nitrogens with one attached hydrogen (secondary N) is 1. The largest absolute Gasteiger partial charge is 0.349 e. The van der Waals surface area contributed by atoms with Crippen molar-refractivity contribution in [2.75, 3.05) is 19.6 Å². The second-order valence-electron chi connectivity index (χ2n) is 7.66. The minimum Gasteiger partial charge on any atom is -0.349 e. The van der Waals surface area contributed by atoms with E-state index in [4.69, 9.17) is 0 Å². The summed E-state index contributed by atoms with van der Waals surface area (Å²) in [5.74, 6) is -0.0119. The number of carbonyl (C=O) groups excluding carboxylic acids is 1. The maximum Gasteiger partial charge on any atom is 0.268 e. The number of likely N-dealkylation sites (tertiary alicyclic amines) is 1. The standard InChI is InChI=1S/C23H28N4O/c1-17-19-10-4-5-11-20(19)26(2)22(17)23(28)25-16-21(18-9-8-12-24-15-18)27-13-6-3-7-14-27/h4-5,8-12,15,21H,3,6-7,13-14,16H2,1-2H3,(H,25,28)/t21-/m0/s1. The predicted octanol–water partition coefficient (Wildman–Crippen LogP) is 3.84. The van der Waals surface area contributed by atoms with Gasteiger partial charge in [-0.3, -0.25) is 14.7 Å². The number of hydrogen-bond acceptors (Lipinski definition) is 3. The molecule has 0 spiro atoms. The van der Waals surface area contributed by atoms with Crippen LogP contribution in [0.25, 0.3) is 10.9 Å². The predicted molar refractivity (Wildman–Crippen MR) is 112 cm³/mol. The van der Waals surface area contributed by atoms with Crippen LogP contribution in [0.2, 0.25) is 0 Å². The summed E-state index contributed by atoms with van der Waals surface area (Å²) in [7, 11) is 1.97. The number of aryl methyl sites for hydroxylation is 2. The van der Waals surface area contributed by atoms with E-state index in [-0.39, 0.29) is 11.9 Å². The molecule has 5 heteroatoms. The number of carbonyl (C=O) groups is 1. The van der Waals surface area contributed by atoms with Gasteiger partial charge >= 0.3 is 0 Å². The molecule has 0 radical (unpaired) electrons. The van der Waals surface area contributed by atoms with Crippen LogP contribution in [-0.2, 0) is 7.05 Å². The van der Waals surface area contributed by atoms with E-state index in [0.717, 1.165) is 35.2 Å². The molecule has 1 aliphatic rings. The SMILES string of the molecule is Cc1c(C(=O)NC[C@@H](c2cccnc2)N2CCCCC2)n(C)c2ccccc12. The molecule has 1 amide bonds. The summed E-state index contributed by atoms with van der Waals surface area (Å²) in [5, 5.41) is 4.34. The summed E-state index contributed by atoms with van der Waals surface area (Å²) in [5.41, 5.74) is 4.03. The lowest BCUT2D eigenvalue weighted by atomic mass is 10.0. The normalized spacial score (nSPS) is 16.2. The topological polar surface area (TPSA) is 50.2 Å². The first-order chi connectivity index (χ1) is 13.7. The number of para-hydroxylation sites is 1. The molecule has 1 aromatic carbocycles. The van der Waals surface area contributed by atoms with Crippen molar-refractivity contribution in [3.8, 4) is 0 Å². The molecule has 1 fully saturated rings. The molecule has 28 heavy (non-hydrogen) atoms. The molecule has 3 heterocycles. The van der Waals surface area contributed by atoms with Crippen LogP contribution >= 0.6 is 0 Å². The number of aromatic nitrogens is 2. The monoisotopic (exact) mass is 376 g/mol. The highest BCUT2D eigenvalue weighted by molar-refractivity contribution is 6.01. The van der Waals surface area contributed by atoms with Crippen molar-refractivity contribution in [2.45, 2.75) is 32.2 Å². The lowest BCUT2D eigenvalue weighted by Gasteiger charge is -2.34. The molecule has 0 saturated carbocycles. The summed E-state index contributed by atoms with van der Waals surface area (Å²) in [6, 6.07) is 12.4. The molecule has 1 N–H and O–H groups in total. The Labute approximate surface area is 166 Å². The zero-order valence-corrected chi connectivity index (χ0v) is 16.7. The van der Waals surface area contributed by atoms with E-state index < -0.39 is 0 Å². The maximum absolute atomic E-state index is 13.1. The molecule has 0 unspecified atom stereocenters. The average Bonchev–Trinajstić information content (AvgIpc) is 3.00. The van der Waals surface area contributed by atoms with Gasteiger partial charge in [-0.2, -0.15) is 0 Å². The number of pyridine rings is 1. The van der Waals surface area contributed by atoms with Gasteiger partial charge < -0.3 is 9.88 Å². The van der Waals surface area contributed by atoms with Gasteiger partial charge in [0.2, 0.25) is 0 Å². The Morgan fingerprint density at radius 2 is 1.93 bits per heavy atom. The molecular formula is C23H28N4O. The quantitative estimate of drug-likeness (QED) is 0.736. The van der Waals surface area contributed by atoms with E-state index in [9.17, 15) is 4.79 Å². The van der Waals surface area contributed by atoms with Gasteiger partial charge in [0, 0.05) is 36.9 Å². The second kappa shape index (κ2) is 8.15. The first-order valence-electron chi connectivity index (χ1n) is 10.1. The van der Waals surface area contributed by atoms with E-state index in [0.29, 0.717) is 6.54 Å². The first-order valence-corrected chi connectivity index (χ1v) is 10.1. The summed E-state index contributed by atoms with van der Waals surface area (Å²) in [4.78, 5) is 19.9. The first kappa shape index (κ1) is 18.7. The molecule has 0 aliphatic carbocycles. The number of benzene rings is 1. The van der Waals surface area contributed by atoms with Gasteiger partial charge in [0.25, 0.3) is 5.91 Å². The molecule has 2 aromatic heterocycles. The number of rotatable bonds is 5. The Bertz CT molecular complexity index is 918. The van der Waals surface area contributed by atoms with E-state index in [2.05, 4.69) is 33.4 Å². The zero-order valence-electron chi connectivity index (χ0n) is 16.7. The van der Waals surface area contributed by atoms with Crippen molar-refractivity contribution in [1.82, 2.24) is 19.8 Å². The Hall–Kier alpha value is -2.66. The third kappa shape index (κ3) is 3.54. The van der Waals surface area contributed by atoms with Gasteiger partial charge in [-0.1, -0.05) is 30.7 Å². The third-order valence-corrected chi connectivity index (χ3v) is 5.93. The summed E-state index contributed by atoms with van der Waals surface area (Å²) < 4.78 is 2.00. The van der Waals surface area contributed by atoms with Crippen LogP contribution in [0.1, 0.15) is 46.9 Å². The van der Waals surface area contributed by atoms with Crippen LogP contribution < -0.4 is 5.32 Å². The van der Waals surface area contributed by atoms with E-state index in [1.807, 2.05) is 42.9 Å². The Morgan fingerprint density at radius 3 is 2.64 bits per heavy atom. The fraction of sp³-hybridized carbons (Fsp3) is 0.391. The Morgan fingerprint density at radius 1 is 1.14 bits per heavy atom. The molecule has 0 bridgehead atoms. The Kier molecular flexibility index (Phi) is 5.44. The molecule has 3 aromatic rings. The van der Waals surface area contributed by atoms with E-state index >= 15 is 0 Å². The van der Waals surface area contributed by atoms with Crippen molar-refractivity contribution in [2.24, 2.45) is 7.05 Å². The third-order valence-electron chi connectivity index (χ3n) is 5.93. The van der Waals surface area contributed by atoms with Crippen molar-refractivity contribution < 1.29 is 4.79 Å². The lowest BCUT2D eigenvalue weighted by Crippen LogP contribution is -2.41. The van der Waals surface area contributed by atoms with E-state index in [1.54, 1.807) is 6.20 Å². The summed E-state index contributed by atoms with van der Waals surface area (Å²) in [6.45, 7) is 4.76. The van der Waals surface area contributed by atoms with Crippen LogP contribution in [0.3, 0.4) is 0 Å². The number of nitrogens with zero attached hydrogens (tertiary/aromatic N) is 3. The smallest absolute Gasteiger partial charge is 0.268 e. The van der Waals surface area contributed by atoms with Gasteiger partial charge in [0.1, 0.15) is 5.69 Å². The Balaban J connectivity index is 1.56. The zero-order chi connectivity index (χ0) is 19.5. The average molecular weight is 377 g/mol. The molecule has 1 atom stereocenters.